The number of hydrogen-bond acceptors (Lipinski definition) is 3. The number of benzene rings is 2. The molecule has 1 atom stereocenters. The molecule has 0 aliphatic rings. The lowest BCUT2D eigenvalue weighted by molar-refractivity contribution is 0.0950. The maximum atomic E-state index is 12.2. The summed E-state index contributed by atoms with van der Waals surface area (Å²) in [4.78, 5) is 14.1. The van der Waals surface area contributed by atoms with Crippen LogP contribution in [0.25, 0.3) is 0 Å². The van der Waals surface area contributed by atoms with Gasteiger partial charge in [0.05, 0.1) is 6.54 Å². The van der Waals surface area contributed by atoms with Gasteiger partial charge in [0.1, 0.15) is 6.10 Å². The van der Waals surface area contributed by atoms with Crippen LogP contribution in [0.1, 0.15) is 37.3 Å². The van der Waals surface area contributed by atoms with Gasteiger partial charge in [0.25, 0.3) is 5.91 Å². The molecule has 2 aromatic carbocycles. The van der Waals surface area contributed by atoms with Gasteiger partial charge in [0, 0.05) is 15.3 Å². The zero-order valence-corrected chi connectivity index (χ0v) is 14.2. The molecule has 3 nitrogen and oxygen atoms in total. The standard InChI is InChI=1S/C20H19NO2S/c1-14-7-5-6-10-17(14)20(23)21-13-16-11-12-18(24-16)19(22)15-8-3-2-4-9-15/h2-12,19,22H,13H2,1H3,(H,21,23). The van der Waals surface area contributed by atoms with E-state index in [2.05, 4.69) is 5.32 Å². The van der Waals surface area contributed by atoms with Crippen LogP contribution in [0.4, 0.5) is 0 Å². The first-order chi connectivity index (χ1) is 11.6. The Bertz CT molecular complexity index is 826. The molecule has 0 saturated heterocycles. The fraction of sp³-hybridized carbons (Fsp3) is 0.150. The summed E-state index contributed by atoms with van der Waals surface area (Å²) in [5, 5.41) is 13.4. The Hall–Kier alpha value is -2.43. The molecule has 122 valence electrons. The number of aliphatic hydroxyl groups is 1. The number of nitrogens with one attached hydrogen (secondary N) is 1. The van der Waals surface area contributed by atoms with E-state index in [-0.39, 0.29) is 5.91 Å². The number of carbonyl (C=O) groups is 1. The van der Waals surface area contributed by atoms with Crippen molar-refractivity contribution >= 4 is 17.2 Å². The first-order valence-corrected chi connectivity index (χ1v) is 8.62. The number of aryl methyl sites for hydroxylation is 1. The maximum absolute atomic E-state index is 12.2. The Morgan fingerprint density at radius 2 is 1.75 bits per heavy atom. The summed E-state index contributed by atoms with van der Waals surface area (Å²) in [6, 6.07) is 21.0. The molecule has 4 heteroatoms. The third kappa shape index (κ3) is 3.72. The molecule has 3 rings (SSSR count). The first-order valence-electron chi connectivity index (χ1n) is 7.80. The van der Waals surface area contributed by atoms with E-state index in [9.17, 15) is 9.90 Å². The summed E-state index contributed by atoms with van der Waals surface area (Å²) in [5.74, 6) is -0.0772. The molecule has 0 bridgehead atoms. The van der Waals surface area contributed by atoms with Crippen LogP contribution < -0.4 is 5.32 Å². The lowest BCUT2D eigenvalue weighted by atomic mass is 10.1. The van der Waals surface area contributed by atoms with Gasteiger partial charge in [0.2, 0.25) is 0 Å². The molecule has 24 heavy (non-hydrogen) atoms. The van der Waals surface area contributed by atoms with Crippen LogP contribution in [0.5, 0.6) is 0 Å². The summed E-state index contributed by atoms with van der Waals surface area (Å²) in [6.45, 7) is 2.38. The van der Waals surface area contributed by atoms with E-state index < -0.39 is 6.10 Å². The second-order valence-electron chi connectivity index (χ2n) is 5.61. The highest BCUT2D eigenvalue weighted by Gasteiger charge is 2.13. The Labute approximate surface area is 145 Å². The maximum Gasteiger partial charge on any atom is 0.251 e. The third-order valence-corrected chi connectivity index (χ3v) is 5.02. The van der Waals surface area contributed by atoms with Crippen LogP contribution in [0.2, 0.25) is 0 Å². The molecule has 0 radical (unpaired) electrons. The first kappa shape index (κ1) is 16.4. The molecule has 0 aliphatic carbocycles. The lowest BCUT2D eigenvalue weighted by Crippen LogP contribution is -2.23. The van der Waals surface area contributed by atoms with Crippen molar-refractivity contribution in [1.29, 1.82) is 0 Å². The minimum absolute atomic E-state index is 0.0772. The minimum atomic E-state index is -0.628. The summed E-state index contributed by atoms with van der Waals surface area (Å²) in [6.07, 6.45) is -0.628. The van der Waals surface area contributed by atoms with E-state index in [0.29, 0.717) is 12.1 Å². The second kappa shape index (κ2) is 7.43. The number of amides is 1. The Kier molecular flexibility index (Phi) is 5.08. The van der Waals surface area contributed by atoms with Crippen LogP contribution in [-0.4, -0.2) is 11.0 Å². The molecule has 1 aromatic heterocycles. The van der Waals surface area contributed by atoms with Gasteiger partial charge in [-0.15, -0.1) is 11.3 Å². The number of rotatable bonds is 5. The van der Waals surface area contributed by atoms with Gasteiger partial charge < -0.3 is 10.4 Å². The van der Waals surface area contributed by atoms with Crippen LogP contribution in [-0.2, 0) is 6.54 Å². The Morgan fingerprint density at radius 3 is 2.50 bits per heavy atom. The van der Waals surface area contributed by atoms with Crippen LogP contribution >= 0.6 is 11.3 Å². The SMILES string of the molecule is Cc1ccccc1C(=O)NCc1ccc(C(O)c2ccccc2)s1. The largest absolute Gasteiger partial charge is 0.383 e. The molecule has 1 amide bonds. The fourth-order valence-corrected chi connectivity index (χ4v) is 3.49. The van der Waals surface area contributed by atoms with E-state index in [1.54, 1.807) is 0 Å². The van der Waals surface area contributed by atoms with Crippen molar-refractivity contribution in [2.75, 3.05) is 0 Å². The van der Waals surface area contributed by atoms with Crippen molar-refractivity contribution in [3.05, 3.63) is 93.2 Å². The average Bonchev–Trinajstić information content (AvgIpc) is 3.09. The molecule has 0 saturated carbocycles. The van der Waals surface area contributed by atoms with Crippen LogP contribution in [0, 0.1) is 6.92 Å². The zero-order chi connectivity index (χ0) is 16.9. The quantitative estimate of drug-likeness (QED) is 0.737. The summed E-state index contributed by atoms with van der Waals surface area (Å²) >= 11 is 1.51. The van der Waals surface area contributed by atoms with E-state index in [0.717, 1.165) is 20.9 Å². The predicted octanol–water partition coefficient (Wildman–Crippen LogP) is 4.07. The van der Waals surface area contributed by atoms with Crippen molar-refractivity contribution < 1.29 is 9.90 Å². The molecule has 2 N–H and O–H groups in total. The van der Waals surface area contributed by atoms with Gasteiger partial charge in [-0.1, -0.05) is 48.5 Å². The van der Waals surface area contributed by atoms with E-state index >= 15 is 0 Å². The molecule has 1 unspecified atom stereocenters. The lowest BCUT2D eigenvalue weighted by Gasteiger charge is -2.08. The molecular formula is C20H19NO2S. The Morgan fingerprint density at radius 1 is 1.04 bits per heavy atom. The predicted molar refractivity (Wildman–Crippen MR) is 97.2 cm³/mol. The minimum Gasteiger partial charge on any atom is -0.383 e. The van der Waals surface area contributed by atoms with Crippen molar-refractivity contribution in [3.63, 3.8) is 0 Å². The van der Waals surface area contributed by atoms with Gasteiger partial charge in [0.15, 0.2) is 0 Å². The van der Waals surface area contributed by atoms with E-state index in [1.807, 2.05) is 73.7 Å². The monoisotopic (exact) mass is 337 g/mol. The van der Waals surface area contributed by atoms with Gasteiger partial charge in [-0.3, -0.25) is 4.79 Å². The zero-order valence-electron chi connectivity index (χ0n) is 13.4. The van der Waals surface area contributed by atoms with Crippen molar-refractivity contribution in [2.45, 2.75) is 19.6 Å². The summed E-state index contributed by atoms with van der Waals surface area (Å²) in [5.41, 5.74) is 2.52. The second-order valence-corrected chi connectivity index (χ2v) is 6.81. The van der Waals surface area contributed by atoms with Gasteiger partial charge >= 0.3 is 0 Å². The molecule has 0 aliphatic heterocycles. The highest BCUT2D eigenvalue weighted by atomic mass is 32.1. The van der Waals surface area contributed by atoms with E-state index in [4.69, 9.17) is 0 Å². The normalized spacial score (nSPS) is 11.9. The molecule has 0 fully saturated rings. The summed E-state index contributed by atoms with van der Waals surface area (Å²) < 4.78 is 0. The molecule has 1 heterocycles. The average molecular weight is 337 g/mol. The van der Waals surface area contributed by atoms with Crippen LogP contribution in [0.3, 0.4) is 0 Å². The molecular weight excluding hydrogens is 318 g/mol. The number of hydrogen-bond donors (Lipinski definition) is 2. The van der Waals surface area contributed by atoms with E-state index in [1.165, 1.54) is 11.3 Å². The number of thiophene rings is 1. The highest BCUT2D eigenvalue weighted by molar-refractivity contribution is 7.12. The molecule has 0 spiro atoms. The van der Waals surface area contributed by atoms with Crippen molar-refractivity contribution in [2.24, 2.45) is 0 Å². The van der Waals surface area contributed by atoms with Gasteiger partial charge in [-0.25, -0.2) is 0 Å². The Balaban J connectivity index is 1.64. The van der Waals surface area contributed by atoms with Crippen LogP contribution in [0.15, 0.2) is 66.7 Å². The van der Waals surface area contributed by atoms with Gasteiger partial charge in [-0.05, 0) is 36.2 Å². The van der Waals surface area contributed by atoms with Crippen molar-refractivity contribution in [3.8, 4) is 0 Å². The summed E-state index contributed by atoms with van der Waals surface area (Å²) in [7, 11) is 0. The third-order valence-electron chi connectivity index (χ3n) is 3.88. The number of carbonyl (C=O) groups excluding carboxylic acids is 1. The van der Waals surface area contributed by atoms with Crippen molar-refractivity contribution in [1.82, 2.24) is 5.32 Å². The highest BCUT2D eigenvalue weighted by Crippen LogP contribution is 2.28. The fourth-order valence-electron chi connectivity index (χ4n) is 2.53. The topological polar surface area (TPSA) is 49.3 Å². The molecule has 3 aromatic rings. The smallest absolute Gasteiger partial charge is 0.251 e. The van der Waals surface area contributed by atoms with Gasteiger partial charge in [-0.2, -0.15) is 0 Å². The number of aliphatic hydroxyl groups excluding tert-OH is 1.